The molecule has 0 unspecified atom stereocenters. The van der Waals surface area contributed by atoms with E-state index >= 15 is 0 Å². The summed E-state index contributed by atoms with van der Waals surface area (Å²) in [6.45, 7) is 0. The molecule has 8 heteroatoms. The Kier molecular flexibility index (Phi) is 6.00. The van der Waals surface area contributed by atoms with Crippen molar-refractivity contribution in [2.24, 2.45) is 0 Å². The van der Waals surface area contributed by atoms with Gasteiger partial charge in [0.15, 0.2) is 0 Å². The number of carboxylic acid groups (broad SMARTS) is 1. The Morgan fingerprint density at radius 2 is 1.66 bits per heavy atom. The molecule has 3 rings (SSSR count). The van der Waals surface area contributed by atoms with Crippen LogP contribution in [0.2, 0.25) is 5.02 Å². The number of halogens is 3. The van der Waals surface area contributed by atoms with Crippen molar-refractivity contribution < 1.29 is 27.1 Å². The van der Waals surface area contributed by atoms with Gasteiger partial charge in [-0.3, -0.25) is 4.79 Å². The maximum Gasteiger partial charge on any atom is 0.303 e. The lowest BCUT2D eigenvalue weighted by Gasteiger charge is -2.12. The van der Waals surface area contributed by atoms with E-state index in [1.54, 1.807) is 0 Å². The van der Waals surface area contributed by atoms with E-state index < -0.39 is 27.4 Å². The molecule has 4 nitrogen and oxygen atoms in total. The van der Waals surface area contributed by atoms with Gasteiger partial charge in [-0.1, -0.05) is 29.8 Å². The molecule has 0 aliphatic carbocycles. The van der Waals surface area contributed by atoms with Crippen LogP contribution in [0.25, 0.3) is 11.1 Å². The van der Waals surface area contributed by atoms with Crippen LogP contribution in [-0.2, 0) is 21.1 Å². The first-order valence-corrected chi connectivity index (χ1v) is 10.4. The van der Waals surface area contributed by atoms with Crippen molar-refractivity contribution >= 4 is 27.4 Å². The molecule has 3 aromatic rings. The minimum atomic E-state index is -4.00. The summed E-state index contributed by atoms with van der Waals surface area (Å²) in [6.07, 6.45) is -0.131. The predicted octanol–water partition coefficient (Wildman–Crippen LogP) is 5.14. The Bertz CT molecular complexity index is 1190. The molecular formula is C21H15ClF2O4S. The first-order chi connectivity index (χ1) is 13.7. The molecule has 0 saturated carbocycles. The second-order valence-corrected chi connectivity index (χ2v) is 8.68. The molecule has 0 aliphatic rings. The first-order valence-electron chi connectivity index (χ1n) is 8.49. The lowest BCUT2D eigenvalue weighted by molar-refractivity contribution is -0.136. The van der Waals surface area contributed by atoms with E-state index in [2.05, 4.69) is 0 Å². The van der Waals surface area contributed by atoms with Crippen LogP contribution >= 0.6 is 11.6 Å². The van der Waals surface area contributed by atoms with Gasteiger partial charge in [0.1, 0.15) is 11.6 Å². The molecule has 0 saturated heterocycles. The van der Waals surface area contributed by atoms with Crippen molar-refractivity contribution in [1.29, 1.82) is 0 Å². The Morgan fingerprint density at radius 1 is 0.931 bits per heavy atom. The zero-order valence-electron chi connectivity index (χ0n) is 14.9. The standard InChI is InChI=1S/C21H15ClF2O4S/c22-14-2-1-3-16(10-14)29(27,28)17-7-8-18(20(24)12-17)19-11-15(23)6-4-13(19)5-9-21(25)26/h1-4,6-8,10-12H,5,9H2,(H,25,26). The van der Waals surface area contributed by atoms with Crippen molar-refractivity contribution in [3.63, 3.8) is 0 Å². The van der Waals surface area contributed by atoms with Gasteiger partial charge < -0.3 is 5.11 Å². The Morgan fingerprint density at radius 3 is 2.31 bits per heavy atom. The molecule has 0 fully saturated rings. The highest BCUT2D eigenvalue weighted by molar-refractivity contribution is 7.91. The summed E-state index contributed by atoms with van der Waals surface area (Å²) in [5.74, 6) is -2.52. The van der Waals surface area contributed by atoms with Crippen molar-refractivity contribution in [1.82, 2.24) is 0 Å². The fraction of sp³-hybridized carbons (Fsp3) is 0.0952. The maximum atomic E-state index is 14.8. The molecular weight excluding hydrogens is 422 g/mol. The second kappa shape index (κ2) is 8.31. The fourth-order valence-corrected chi connectivity index (χ4v) is 4.48. The van der Waals surface area contributed by atoms with Gasteiger partial charge in [-0.15, -0.1) is 0 Å². The van der Waals surface area contributed by atoms with Gasteiger partial charge in [0, 0.05) is 17.0 Å². The third kappa shape index (κ3) is 4.63. The predicted molar refractivity (Wildman–Crippen MR) is 105 cm³/mol. The average molecular weight is 437 g/mol. The van der Waals surface area contributed by atoms with E-state index in [4.69, 9.17) is 16.7 Å². The third-order valence-electron chi connectivity index (χ3n) is 4.33. The second-order valence-electron chi connectivity index (χ2n) is 6.30. The van der Waals surface area contributed by atoms with Gasteiger partial charge in [0.05, 0.1) is 9.79 Å². The number of sulfone groups is 1. The number of benzene rings is 3. The zero-order chi connectivity index (χ0) is 21.2. The highest BCUT2D eigenvalue weighted by Crippen LogP contribution is 2.31. The Labute approximate surface area is 171 Å². The van der Waals surface area contributed by atoms with Crippen molar-refractivity contribution in [3.8, 4) is 11.1 Å². The van der Waals surface area contributed by atoms with Gasteiger partial charge in [-0.2, -0.15) is 0 Å². The van der Waals surface area contributed by atoms with Crippen LogP contribution < -0.4 is 0 Å². The zero-order valence-corrected chi connectivity index (χ0v) is 16.5. The number of hydrogen-bond acceptors (Lipinski definition) is 3. The van der Waals surface area contributed by atoms with Crippen molar-refractivity contribution in [3.05, 3.63) is 82.9 Å². The normalized spacial score (nSPS) is 11.4. The number of aryl methyl sites for hydroxylation is 1. The number of carbonyl (C=O) groups is 1. The minimum absolute atomic E-state index is 0.0186. The fourth-order valence-electron chi connectivity index (χ4n) is 2.91. The van der Waals surface area contributed by atoms with E-state index in [0.29, 0.717) is 5.56 Å². The van der Waals surface area contributed by atoms with Gasteiger partial charge in [-0.05, 0) is 60.0 Å². The SMILES string of the molecule is O=C(O)CCc1ccc(F)cc1-c1ccc(S(=O)(=O)c2cccc(Cl)c2)cc1F. The van der Waals surface area contributed by atoms with E-state index in [9.17, 15) is 22.0 Å². The molecule has 0 spiro atoms. The van der Waals surface area contributed by atoms with E-state index in [-0.39, 0.29) is 38.8 Å². The number of hydrogen-bond donors (Lipinski definition) is 1. The third-order valence-corrected chi connectivity index (χ3v) is 6.31. The minimum Gasteiger partial charge on any atom is -0.481 e. The number of rotatable bonds is 6. The number of aliphatic carboxylic acids is 1. The van der Waals surface area contributed by atoms with Crippen LogP contribution in [0.5, 0.6) is 0 Å². The quantitative estimate of drug-likeness (QED) is 0.581. The molecule has 0 radical (unpaired) electrons. The van der Waals surface area contributed by atoms with Gasteiger partial charge in [0.2, 0.25) is 9.84 Å². The average Bonchev–Trinajstić information content (AvgIpc) is 2.66. The molecule has 0 bridgehead atoms. The molecule has 0 aromatic heterocycles. The number of carboxylic acids is 1. The van der Waals surface area contributed by atoms with Crippen LogP contribution in [0.1, 0.15) is 12.0 Å². The topological polar surface area (TPSA) is 71.4 Å². The van der Waals surface area contributed by atoms with Gasteiger partial charge >= 0.3 is 5.97 Å². The Hall–Kier alpha value is -2.77. The van der Waals surface area contributed by atoms with Crippen LogP contribution in [-0.4, -0.2) is 19.5 Å². The summed E-state index contributed by atoms with van der Waals surface area (Å²) < 4.78 is 54.1. The molecule has 1 N–H and O–H groups in total. The van der Waals surface area contributed by atoms with Crippen LogP contribution in [0.15, 0.2) is 70.5 Å². The molecule has 29 heavy (non-hydrogen) atoms. The highest BCUT2D eigenvalue weighted by atomic mass is 35.5. The Balaban J connectivity index is 2.05. The monoisotopic (exact) mass is 436 g/mol. The van der Waals surface area contributed by atoms with Crippen LogP contribution in [0.4, 0.5) is 8.78 Å². The maximum absolute atomic E-state index is 14.8. The van der Waals surface area contributed by atoms with Gasteiger partial charge in [0.25, 0.3) is 0 Å². The van der Waals surface area contributed by atoms with Crippen LogP contribution in [0.3, 0.4) is 0 Å². The molecule has 0 aliphatic heterocycles. The first kappa shape index (κ1) is 21.0. The summed E-state index contributed by atoms with van der Waals surface area (Å²) in [6, 6.07) is 12.6. The largest absolute Gasteiger partial charge is 0.481 e. The van der Waals surface area contributed by atoms with Crippen LogP contribution in [0, 0.1) is 11.6 Å². The molecule has 0 heterocycles. The van der Waals surface area contributed by atoms with Crippen molar-refractivity contribution in [2.45, 2.75) is 22.6 Å². The summed E-state index contributed by atoms with van der Waals surface area (Å²) in [7, 11) is -4.00. The summed E-state index contributed by atoms with van der Waals surface area (Å²) in [5, 5.41) is 9.10. The molecule has 150 valence electrons. The summed E-state index contributed by atoms with van der Waals surface area (Å²) >= 11 is 5.84. The lowest BCUT2D eigenvalue weighted by Crippen LogP contribution is -2.04. The lowest BCUT2D eigenvalue weighted by atomic mass is 9.96. The molecule has 0 atom stereocenters. The van der Waals surface area contributed by atoms with Crippen molar-refractivity contribution in [2.75, 3.05) is 0 Å². The van der Waals surface area contributed by atoms with E-state index in [1.807, 2.05) is 0 Å². The molecule has 0 amide bonds. The highest BCUT2D eigenvalue weighted by Gasteiger charge is 2.21. The van der Waals surface area contributed by atoms with E-state index in [1.165, 1.54) is 42.5 Å². The smallest absolute Gasteiger partial charge is 0.303 e. The van der Waals surface area contributed by atoms with E-state index in [0.717, 1.165) is 18.2 Å². The summed E-state index contributed by atoms with van der Waals surface area (Å²) in [5.41, 5.74) is 0.600. The summed E-state index contributed by atoms with van der Waals surface area (Å²) in [4.78, 5) is 10.5. The molecule has 3 aromatic carbocycles. The van der Waals surface area contributed by atoms with Gasteiger partial charge in [-0.25, -0.2) is 17.2 Å².